The number of hydrogen-bond acceptors (Lipinski definition) is 3. The van der Waals surface area contributed by atoms with E-state index in [1.807, 2.05) is 11.3 Å². The highest BCUT2D eigenvalue weighted by Gasteiger charge is 2.21. The predicted molar refractivity (Wildman–Crippen MR) is 71.0 cm³/mol. The zero-order valence-electron chi connectivity index (χ0n) is 10.7. The van der Waals surface area contributed by atoms with Crippen LogP contribution in [0.4, 0.5) is 0 Å². The van der Waals surface area contributed by atoms with Crippen LogP contribution in [0.15, 0.2) is 12.1 Å². The Kier molecular flexibility index (Phi) is 5.46. The summed E-state index contributed by atoms with van der Waals surface area (Å²) in [6, 6.07) is 4.48. The Bertz CT molecular complexity index is 309. The van der Waals surface area contributed by atoms with Crippen LogP contribution in [0.1, 0.15) is 30.5 Å². The third kappa shape index (κ3) is 3.58. The minimum absolute atomic E-state index is 0.0911. The number of thiophene rings is 1. The van der Waals surface area contributed by atoms with Gasteiger partial charge in [-0.25, -0.2) is 0 Å². The minimum atomic E-state index is 0.0911. The van der Waals surface area contributed by atoms with Crippen molar-refractivity contribution < 1.29 is 4.74 Å². The van der Waals surface area contributed by atoms with Crippen LogP contribution in [0.5, 0.6) is 0 Å². The molecule has 92 valence electrons. The number of aryl methyl sites for hydroxylation is 1. The van der Waals surface area contributed by atoms with E-state index in [-0.39, 0.29) is 12.1 Å². The Morgan fingerprint density at radius 3 is 2.38 bits per heavy atom. The first-order valence-corrected chi connectivity index (χ1v) is 6.76. The van der Waals surface area contributed by atoms with Crippen LogP contribution in [0.2, 0.25) is 0 Å². The van der Waals surface area contributed by atoms with Crippen molar-refractivity contribution in [2.45, 2.75) is 45.8 Å². The Morgan fingerprint density at radius 2 is 1.94 bits per heavy atom. The third-order valence-electron chi connectivity index (χ3n) is 2.85. The predicted octanol–water partition coefficient (Wildman–Crippen LogP) is 2.85. The Labute approximate surface area is 103 Å². The lowest BCUT2D eigenvalue weighted by Gasteiger charge is -2.25. The van der Waals surface area contributed by atoms with Gasteiger partial charge in [-0.2, -0.15) is 0 Å². The van der Waals surface area contributed by atoms with Crippen LogP contribution in [0.25, 0.3) is 0 Å². The van der Waals surface area contributed by atoms with Gasteiger partial charge >= 0.3 is 0 Å². The molecule has 1 heterocycles. The SMILES string of the molecule is CCc1ccc(CC(N)C(OC)C(C)C)s1. The van der Waals surface area contributed by atoms with Crippen molar-refractivity contribution in [2.24, 2.45) is 11.7 Å². The maximum Gasteiger partial charge on any atom is 0.0748 e. The van der Waals surface area contributed by atoms with E-state index in [0.717, 1.165) is 12.8 Å². The van der Waals surface area contributed by atoms with Crippen molar-refractivity contribution in [3.8, 4) is 0 Å². The second-order valence-electron chi connectivity index (χ2n) is 4.53. The highest BCUT2D eigenvalue weighted by molar-refractivity contribution is 7.11. The van der Waals surface area contributed by atoms with E-state index >= 15 is 0 Å². The number of rotatable bonds is 6. The fourth-order valence-electron chi connectivity index (χ4n) is 2.01. The summed E-state index contributed by atoms with van der Waals surface area (Å²) in [7, 11) is 1.75. The summed E-state index contributed by atoms with van der Waals surface area (Å²) in [4.78, 5) is 2.80. The highest BCUT2D eigenvalue weighted by atomic mass is 32.1. The van der Waals surface area contributed by atoms with Crippen molar-refractivity contribution in [1.29, 1.82) is 0 Å². The van der Waals surface area contributed by atoms with Crippen LogP contribution in [-0.2, 0) is 17.6 Å². The molecule has 0 aliphatic heterocycles. The summed E-state index contributed by atoms with van der Waals surface area (Å²) >= 11 is 1.87. The molecule has 1 aromatic rings. The molecule has 0 bridgehead atoms. The van der Waals surface area contributed by atoms with Gasteiger partial charge in [0.25, 0.3) is 0 Å². The molecule has 0 aliphatic carbocycles. The number of methoxy groups -OCH3 is 1. The van der Waals surface area contributed by atoms with Crippen LogP contribution in [-0.4, -0.2) is 19.3 Å². The van der Waals surface area contributed by atoms with Gasteiger partial charge in [-0.3, -0.25) is 0 Å². The van der Waals surface area contributed by atoms with Crippen molar-refractivity contribution >= 4 is 11.3 Å². The third-order valence-corrected chi connectivity index (χ3v) is 4.11. The summed E-state index contributed by atoms with van der Waals surface area (Å²) < 4.78 is 5.46. The fourth-order valence-corrected chi connectivity index (χ4v) is 3.04. The van der Waals surface area contributed by atoms with Crippen molar-refractivity contribution in [3.63, 3.8) is 0 Å². The molecule has 0 saturated heterocycles. The molecule has 0 amide bonds. The van der Waals surface area contributed by atoms with E-state index in [2.05, 4.69) is 32.9 Å². The van der Waals surface area contributed by atoms with Gasteiger partial charge < -0.3 is 10.5 Å². The van der Waals surface area contributed by atoms with Gasteiger partial charge in [0.15, 0.2) is 0 Å². The minimum Gasteiger partial charge on any atom is -0.380 e. The molecule has 16 heavy (non-hydrogen) atoms. The van der Waals surface area contributed by atoms with Gasteiger partial charge in [0.05, 0.1) is 6.10 Å². The molecule has 2 atom stereocenters. The van der Waals surface area contributed by atoms with E-state index < -0.39 is 0 Å². The molecule has 1 aromatic heterocycles. The second kappa shape index (κ2) is 6.38. The quantitative estimate of drug-likeness (QED) is 0.831. The zero-order chi connectivity index (χ0) is 12.1. The summed E-state index contributed by atoms with van der Waals surface area (Å²) in [6.07, 6.45) is 2.17. The van der Waals surface area contributed by atoms with Crippen LogP contribution in [0.3, 0.4) is 0 Å². The molecule has 1 rings (SSSR count). The molecule has 0 spiro atoms. The lowest BCUT2D eigenvalue weighted by atomic mass is 9.97. The molecule has 0 fully saturated rings. The molecule has 2 nitrogen and oxygen atoms in total. The first-order valence-electron chi connectivity index (χ1n) is 5.94. The van der Waals surface area contributed by atoms with E-state index in [9.17, 15) is 0 Å². The summed E-state index contributed by atoms with van der Waals surface area (Å²) in [6.45, 7) is 6.49. The summed E-state index contributed by atoms with van der Waals surface area (Å²) in [5.74, 6) is 0.464. The van der Waals surface area contributed by atoms with Crippen molar-refractivity contribution in [3.05, 3.63) is 21.9 Å². The maximum absolute atomic E-state index is 6.19. The summed E-state index contributed by atoms with van der Waals surface area (Å²) in [5, 5.41) is 0. The molecule has 0 aromatic carbocycles. The number of nitrogens with two attached hydrogens (primary N) is 1. The van der Waals surface area contributed by atoms with E-state index in [0.29, 0.717) is 5.92 Å². The van der Waals surface area contributed by atoms with Crippen molar-refractivity contribution in [1.82, 2.24) is 0 Å². The molecular formula is C13H23NOS. The van der Waals surface area contributed by atoms with Gasteiger partial charge in [-0.05, 0) is 30.9 Å². The fraction of sp³-hybridized carbons (Fsp3) is 0.692. The molecule has 0 aliphatic rings. The Hall–Kier alpha value is -0.380. The lowest BCUT2D eigenvalue weighted by Crippen LogP contribution is -2.41. The van der Waals surface area contributed by atoms with Gasteiger partial charge in [-0.1, -0.05) is 20.8 Å². The monoisotopic (exact) mass is 241 g/mol. The molecule has 0 radical (unpaired) electrons. The normalized spacial score (nSPS) is 15.4. The average Bonchev–Trinajstić information content (AvgIpc) is 2.65. The van der Waals surface area contributed by atoms with E-state index in [4.69, 9.17) is 10.5 Å². The van der Waals surface area contributed by atoms with E-state index in [1.165, 1.54) is 9.75 Å². The maximum atomic E-state index is 6.19. The summed E-state index contributed by atoms with van der Waals surface area (Å²) in [5.41, 5.74) is 6.19. The van der Waals surface area contributed by atoms with E-state index in [1.54, 1.807) is 7.11 Å². The van der Waals surface area contributed by atoms with Gasteiger partial charge in [-0.15, -0.1) is 11.3 Å². The smallest absolute Gasteiger partial charge is 0.0748 e. The number of ether oxygens (including phenoxy) is 1. The Balaban J connectivity index is 2.58. The largest absolute Gasteiger partial charge is 0.380 e. The van der Waals surface area contributed by atoms with Gasteiger partial charge in [0.1, 0.15) is 0 Å². The Morgan fingerprint density at radius 1 is 1.31 bits per heavy atom. The zero-order valence-corrected chi connectivity index (χ0v) is 11.5. The molecule has 2 unspecified atom stereocenters. The topological polar surface area (TPSA) is 35.2 Å². The van der Waals surface area contributed by atoms with Crippen molar-refractivity contribution in [2.75, 3.05) is 7.11 Å². The lowest BCUT2D eigenvalue weighted by molar-refractivity contribution is 0.0443. The van der Waals surface area contributed by atoms with Crippen LogP contribution < -0.4 is 5.73 Å². The van der Waals surface area contributed by atoms with Gasteiger partial charge in [0.2, 0.25) is 0 Å². The molecule has 3 heteroatoms. The first kappa shape index (κ1) is 13.7. The molecule has 0 saturated carbocycles. The van der Waals surface area contributed by atoms with Crippen LogP contribution in [0, 0.1) is 5.92 Å². The van der Waals surface area contributed by atoms with Gasteiger partial charge in [0, 0.05) is 22.9 Å². The molecular weight excluding hydrogens is 218 g/mol. The number of hydrogen-bond donors (Lipinski definition) is 1. The standard InChI is InChI=1S/C13H23NOS/c1-5-10-6-7-11(16-10)8-12(14)13(15-4)9(2)3/h6-7,9,12-13H,5,8,14H2,1-4H3. The second-order valence-corrected chi connectivity index (χ2v) is 5.79. The van der Waals surface area contributed by atoms with Crippen LogP contribution >= 0.6 is 11.3 Å². The highest BCUT2D eigenvalue weighted by Crippen LogP contribution is 2.20. The average molecular weight is 241 g/mol. The first-order chi connectivity index (χ1) is 7.58. The molecule has 2 N–H and O–H groups in total.